The molecule has 0 radical (unpaired) electrons. The van der Waals surface area contributed by atoms with E-state index in [1.54, 1.807) is 4.68 Å². The van der Waals surface area contributed by atoms with Crippen LogP contribution >= 0.6 is 0 Å². The smallest absolute Gasteiger partial charge is 0.226 e. The van der Waals surface area contributed by atoms with Gasteiger partial charge in [-0.1, -0.05) is 55.7 Å². The van der Waals surface area contributed by atoms with Crippen molar-refractivity contribution in [1.29, 1.82) is 0 Å². The number of nitrogens with zero attached hydrogens (tertiary/aromatic N) is 2. The van der Waals surface area contributed by atoms with Crippen molar-refractivity contribution in [2.24, 2.45) is 0 Å². The van der Waals surface area contributed by atoms with E-state index in [4.69, 9.17) is 5.10 Å². The summed E-state index contributed by atoms with van der Waals surface area (Å²) in [6, 6.07) is 14.2. The lowest BCUT2D eigenvalue weighted by atomic mass is 9.82. The Bertz CT molecular complexity index is 1220. The number of hydrogen-bond donors (Lipinski definition) is 1. The summed E-state index contributed by atoms with van der Waals surface area (Å²) in [5.74, 6) is 0.548. The lowest BCUT2D eigenvalue weighted by Gasteiger charge is -2.24. The van der Waals surface area contributed by atoms with Crippen molar-refractivity contribution < 1.29 is 9.59 Å². The van der Waals surface area contributed by atoms with Crippen LogP contribution in [-0.4, -0.2) is 21.5 Å². The monoisotopic (exact) mass is 441 g/mol. The summed E-state index contributed by atoms with van der Waals surface area (Å²) >= 11 is 0. The number of hydrogen-bond acceptors (Lipinski definition) is 3. The molecule has 3 aromatic rings. The highest BCUT2D eigenvalue weighted by molar-refractivity contribution is 6.08. The number of nitrogens with one attached hydrogen (secondary N) is 1. The Morgan fingerprint density at radius 2 is 1.73 bits per heavy atom. The van der Waals surface area contributed by atoms with Crippen molar-refractivity contribution in [3.8, 4) is 5.69 Å². The van der Waals surface area contributed by atoms with Gasteiger partial charge in [0.05, 0.1) is 17.3 Å². The molecular formula is C28H31N3O2. The Balaban J connectivity index is 1.49. The van der Waals surface area contributed by atoms with E-state index in [-0.39, 0.29) is 18.1 Å². The second-order valence-electron chi connectivity index (χ2n) is 9.60. The normalized spacial score (nSPS) is 18.6. The SMILES string of the molecule is Cc1cccc(-n2nc(C)c3c2NC(=O)C[C@H]3C(=O)c2ccc(C3CCCCC3)cc2)c1C. The maximum Gasteiger partial charge on any atom is 0.226 e. The number of anilines is 1. The highest BCUT2D eigenvalue weighted by atomic mass is 16.2. The highest BCUT2D eigenvalue weighted by Crippen LogP contribution is 2.39. The fraction of sp³-hybridized carbons (Fsp3) is 0.393. The van der Waals surface area contributed by atoms with Gasteiger partial charge in [-0.3, -0.25) is 9.59 Å². The summed E-state index contributed by atoms with van der Waals surface area (Å²) in [5, 5.41) is 7.74. The molecule has 1 amide bonds. The van der Waals surface area contributed by atoms with Crippen LogP contribution in [0.5, 0.6) is 0 Å². The average Bonchev–Trinajstić information content (AvgIpc) is 3.16. The van der Waals surface area contributed by atoms with Crippen molar-refractivity contribution in [1.82, 2.24) is 9.78 Å². The van der Waals surface area contributed by atoms with Crippen LogP contribution in [-0.2, 0) is 4.79 Å². The molecule has 0 unspecified atom stereocenters. The van der Waals surface area contributed by atoms with E-state index in [1.807, 2.05) is 31.2 Å². The number of carbonyl (C=O) groups excluding carboxylic acids is 2. The predicted molar refractivity (Wildman–Crippen MR) is 130 cm³/mol. The standard InChI is InChI=1S/C28H31N3O2/c1-17-8-7-11-24(18(17)2)31-28-26(19(3)30-31)23(16-25(32)29-28)27(33)22-14-12-21(13-15-22)20-9-5-4-6-10-20/h7-8,11-15,20,23H,4-6,9-10,16H2,1-3H3,(H,29,32)/t23-/m1/s1. The molecule has 0 saturated heterocycles. The summed E-state index contributed by atoms with van der Waals surface area (Å²) < 4.78 is 1.79. The van der Waals surface area contributed by atoms with Crippen LogP contribution in [0.2, 0.25) is 0 Å². The van der Waals surface area contributed by atoms with Gasteiger partial charge >= 0.3 is 0 Å². The first kappa shape index (κ1) is 21.6. The minimum absolute atomic E-state index is 0.00934. The van der Waals surface area contributed by atoms with Crippen molar-refractivity contribution in [3.63, 3.8) is 0 Å². The van der Waals surface area contributed by atoms with Gasteiger partial charge in [0.1, 0.15) is 5.82 Å². The molecule has 5 nitrogen and oxygen atoms in total. The molecule has 33 heavy (non-hydrogen) atoms. The minimum atomic E-state index is -0.520. The van der Waals surface area contributed by atoms with E-state index in [0.29, 0.717) is 17.3 Å². The third-order valence-corrected chi connectivity index (χ3v) is 7.50. The molecule has 1 N–H and O–H groups in total. The van der Waals surface area contributed by atoms with Crippen LogP contribution in [0, 0.1) is 20.8 Å². The number of aryl methyl sites for hydroxylation is 2. The molecule has 5 rings (SSSR count). The van der Waals surface area contributed by atoms with E-state index < -0.39 is 5.92 Å². The number of Topliss-reactive ketones (excluding diaryl/α,β-unsaturated/α-hetero) is 1. The van der Waals surface area contributed by atoms with Crippen molar-refractivity contribution in [2.75, 3.05) is 5.32 Å². The third kappa shape index (κ3) is 3.90. The van der Waals surface area contributed by atoms with Crippen LogP contribution in [0.15, 0.2) is 42.5 Å². The first-order valence-electron chi connectivity index (χ1n) is 12.0. The first-order valence-corrected chi connectivity index (χ1v) is 12.0. The van der Waals surface area contributed by atoms with E-state index in [0.717, 1.165) is 28.1 Å². The van der Waals surface area contributed by atoms with Gasteiger partial charge in [-0.2, -0.15) is 5.10 Å². The van der Waals surface area contributed by atoms with E-state index in [2.05, 4.69) is 37.4 Å². The van der Waals surface area contributed by atoms with Gasteiger partial charge in [-0.05, 0) is 62.3 Å². The molecule has 1 atom stereocenters. The molecule has 1 aliphatic carbocycles. The van der Waals surface area contributed by atoms with Gasteiger partial charge in [-0.15, -0.1) is 0 Å². The second-order valence-corrected chi connectivity index (χ2v) is 9.60. The first-order chi connectivity index (χ1) is 15.9. The predicted octanol–water partition coefficient (Wildman–Crippen LogP) is 6.15. The zero-order valence-electron chi connectivity index (χ0n) is 19.6. The minimum Gasteiger partial charge on any atom is -0.310 e. The second kappa shape index (κ2) is 8.62. The van der Waals surface area contributed by atoms with E-state index in [1.165, 1.54) is 37.7 Å². The summed E-state index contributed by atoms with van der Waals surface area (Å²) in [7, 11) is 0. The highest BCUT2D eigenvalue weighted by Gasteiger charge is 2.36. The number of aromatic nitrogens is 2. The van der Waals surface area contributed by atoms with Crippen molar-refractivity contribution >= 4 is 17.5 Å². The van der Waals surface area contributed by atoms with Gasteiger partial charge in [-0.25, -0.2) is 4.68 Å². The number of amides is 1. The largest absolute Gasteiger partial charge is 0.310 e. The number of ketones is 1. The van der Waals surface area contributed by atoms with Gasteiger partial charge in [0.25, 0.3) is 0 Å². The molecule has 170 valence electrons. The third-order valence-electron chi connectivity index (χ3n) is 7.50. The Morgan fingerprint density at radius 1 is 1.00 bits per heavy atom. The molecule has 0 bridgehead atoms. The Kier molecular flexibility index (Phi) is 5.65. The maximum atomic E-state index is 13.6. The number of rotatable bonds is 4. The molecule has 1 aromatic heterocycles. The number of fused-ring (bicyclic) bond motifs is 1. The lowest BCUT2D eigenvalue weighted by Crippen LogP contribution is -2.28. The molecule has 1 aliphatic heterocycles. The van der Waals surface area contributed by atoms with Crippen molar-refractivity contribution in [2.45, 2.75) is 71.1 Å². The molecule has 0 spiro atoms. The van der Waals surface area contributed by atoms with Crippen LogP contribution in [0.3, 0.4) is 0 Å². The zero-order valence-corrected chi connectivity index (χ0v) is 19.6. The van der Waals surface area contributed by atoms with Crippen LogP contribution < -0.4 is 5.32 Å². The zero-order chi connectivity index (χ0) is 23.1. The maximum absolute atomic E-state index is 13.6. The average molecular weight is 442 g/mol. The molecule has 2 aromatic carbocycles. The van der Waals surface area contributed by atoms with Crippen LogP contribution in [0.1, 0.15) is 88.7 Å². The van der Waals surface area contributed by atoms with Gasteiger partial charge < -0.3 is 5.32 Å². The fourth-order valence-electron chi connectivity index (χ4n) is 5.47. The summed E-state index contributed by atoms with van der Waals surface area (Å²) in [5.41, 5.74) is 6.78. The van der Waals surface area contributed by atoms with Gasteiger partial charge in [0, 0.05) is 17.5 Å². The molecule has 2 aliphatic rings. The number of benzene rings is 2. The quantitative estimate of drug-likeness (QED) is 0.494. The Labute approximate surface area is 195 Å². The molecule has 1 fully saturated rings. The molecular weight excluding hydrogens is 410 g/mol. The van der Waals surface area contributed by atoms with E-state index >= 15 is 0 Å². The van der Waals surface area contributed by atoms with E-state index in [9.17, 15) is 9.59 Å². The Hall–Kier alpha value is -3.21. The summed E-state index contributed by atoms with van der Waals surface area (Å²) in [4.78, 5) is 26.3. The van der Waals surface area contributed by atoms with Gasteiger partial charge in [0.2, 0.25) is 5.91 Å². The van der Waals surface area contributed by atoms with Crippen molar-refractivity contribution in [3.05, 3.63) is 76.0 Å². The Morgan fingerprint density at radius 3 is 2.45 bits per heavy atom. The molecule has 5 heteroatoms. The summed E-state index contributed by atoms with van der Waals surface area (Å²) in [6.45, 7) is 6.03. The van der Waals surface area contributed by atoms with Crippen LogP contribution in [0.4, 0.5) is 5.82 Å². The molecule has 2 heterocycles. The van der Waals surface area contributed by atoms with Crippen LogP contribution in [0.25, 0.3) is 5.69 Å². The molecule has 1 saturated carbocycles. The summed E-state index contributed by atoms with van der Waals surface area (Å²) in [6.07, 6.45) is 6.51. The van der Waals surface area contributed by atoms with Gasteiger partial charge in [0.15, 0.2) is 5.78 Å². The fourth-order valence-corrected chi connectivity index (χ4v) is 5.47. The topological polar surface area (TPSA) is 64.0 Å². The lowest BCUT2D eigenvalue weighted by molar-refractivity contribution is -0.116. The number of carbonyl (C=O) groups is 2.